The third kappa shape index (κ3) is 4.58. The molecular weight excluding hydrogens is 413 g/mol. The van der Waals surface area contributed by atoms with E-state index in [1.54, 1.807) is 18.3 Å². The molecule has 0 bridgehead atoms. The highest BCUT2D eigenvalue weighted by Gasteiger charge is 2.18. The smallest absolute Gasteiger partial charge is 0.319 e. The quantitative estimate of drug-likeness (QED) is 0.504. The third-order valence-corrected chi connectivity index (χ3v) is 4.68. The highest BCUT2D eigenvalue weighted by atomic mass is 35.5. The van der Waals surface area contributed by atoms with Crippen LogP contribution in [0.1, 0.15) is 29.8 Å². The van der Waals surface area contributed by atoms with Crippen molar-refractivity contribution in [2.45, 2.75) is 26.8 Å². The Labute approximate surface area is 177 Å². The molecule has 7 nitrogen and oxygen atoms in total. The number of nitrogens with zero attached hydrogens (tertiary/aromatic N) is 2. The van der Waals surface area contributed by atoms with E-state index in [9.17, 15) is 9.59 Å². The highest BCUT2D eigenvalue weighted by molar-refractivity contribution is 6.39. The number of benzene rings is 1. The van der Waals surface area contributed by atoms with Crippen LogP contribution in [-0.2, 0) is 0 Å². The number of halogens is 2. The Bertz CT molecular complexity index is 1080. The highest BCUT2D eigenvalue weighted by Crippen LogP contribution is 2.31. The van der Waals surface area contributed by atoms with Crippen molar-refractivity contribution in [1.29, 1.82) is 0 Å². The van der Waals surface area contributed by atoms with Crippen molar-refractivity contribution in [1.82, 2.24) is 15.3 Å². The number of pyridine rings is 2. The molecule has 0 saturated heterocycles. The SMILES string of the molecule is Cc1cnc2c(NC(=O)c3c(Cl)ccnc3Cl)cccc2c1NC(=O)NC(C)C. The van der Waals surface area contributed by atoms with Crippen LogP contribution in [0.15, 0.2) is 36.7 Å². The van der Waals surface area contributed by atoms with E-state index in [1.165, 1.54) is 12.3 Å². The van der Waals surface area contributed by atoms with Crippen LogP contribution in [0.5, 0.6) is 0 Å². The van der Waals surface area contributed by atoms with E-state index >= 15 is 0 Å². The molecule has 29 heavy (non-hydrogen) atoms. The fourth-order valence-corrected chi connectivity index (χ4v) is 3.33. The van der Waals surface area contributed by atoms with E-state index in [2.05, 4.69) is 25.9 Å². The lowest BCUT2D eigenvalue weighted by atomic mass is 10.1. The summed E-state index contributed by atoms with van der Waals surface area (Å²) < 4.78 is 0. The molecule has 0 aliphatic carbocycles. The molecule has 1 aromatic carbocycles. The van der Waals surface area contributed by atoms with Gasteiger partial charge in [0.15, 0.2) is 0 Å². The average Bonchev–Trinajstić information content (AvgIpc) is 2.63. The minimum absolute atomic E-state index is 0.00625. The predicted molar refractivity (Wildman–Crippen MR) is 116 cm³/mol. The van der Waals surface area contributed by atoms with E-state index < -0.39 is 5.91 Å². The van der Waals surface area contributed by atoms with E-state index in [1.807, 2.05) is 26.8 Å². The monoisotopic (exact) mass is 431 g/mol. The summed E-state index contributed by atoms with van der Waals surface area (Å²) in [4.78, 5) is 33.2. The van der Waals surface area contributed by atoms with Gasteiger partial charge in [-0.25, -0.2) is 9.78 Å². The summed E-state index contributed by atoms with van der Waals surface area (Å²) in [6, 6.07) is 6.45. The lowest BCUT2D eigenvalue weighted by Crippen LogP contribution is -2.34. The second-order valence-corrected chi connectivity index (χ2v) is 7.45. The average molecular weight is 432 g/mol. The summed E-state index contributed by atoms with van der Waals surface area (Å²) in [5, 5.41) is 9.31. The van der Waals surface area contributed by atoms with Crippen molar-refractivity contribution < 1.29 is 9.59 Å². The molecule has 0 aliphatic heterocycles. The summed E-state index contributed by atoms with van der Waals surface area (Å²) in [6.07, 6.45) is 3.05. The van der Waals surface area contributed by atoms with Gasteiger partial charge in [-0.2, -0.15) is 0 Å². The molecule has 0 unspecified atom stereocenters. The van der Waals surface area contributed by atoms with Crippen LogP contribution in [0.25, 0.3) is 10.9 Å². The minimum atomic E-state index is -0.505. The minimum Gasteiger partial charge on any atom is -0.336 e. The largest absolute Gasteiger partial charge is 0.336 e. The van der Waals surface area contributed by atoms with Gasteiger partial charge in [0.2, 0.25) is 0 Å². The molecule has 150 valence electrons. The number of rotatable bonds is 4. The number of urea groups is 1. The van der Waals surface area contributed by atoms with Crippen molar-refractivity contribution in [3.05, 3.63) is 58.0 Å². The number of anilines is 2. The molecule has 0 radical (unpaired) electrons. The lowest BCUT2D eigenvalue weighted by Gasteiger charge is -2.16. The maximum Gasteiger partial charge on any atom is 0.319 e. The van der Waals surface area contributed by atoms with E-state index in [0.717, 1.165) is 5.56 Å². The van der Waals surface area contributed by atoms with Gasteiger partial charge in [0.05, 0.1) is 27.5 Å². The van der Waals surface area contributed by atoms with Crippen LogP contribution in [0.3, 0.4) is 0 Å². The molecule has 3 N–H and O–H groups in total. The van der Waals surface area contributed by atoms with Crippen molar-refractivity contribution in [3.8, 4) is 0 Å². The number of para-hydroxylation sites is 1. The molecule has 3 rings (SSSR count). The van der Waals surface area contributed by atoms with Gasteiger partial charge in [0, 0.05) is 23.8 Å². The number of aryl methyl sites for hydroxylation is 1. The maximum atomic E-state index is 12.7. The molecule has 0 fully saturated rings. The lowest BCUT2D eigenvalue weighted by molar-refractivity contribution is 0.102. The van der Waals surface area contributed by atoms with Gasteiger partial charge in [-0.1, -0.05) is 35.3 Å². The Morgan fingerprint density at radius 3 is 2.52 bits per heavy atom. The van der Waals surface area contributed by atoms with Crippen LogP contribution in [0.2, 0.25) is 10.2 Å². The van der Waals surface area contributed by atoms with Crippen molar-refractivity contribution in [2.24, 2.45) is 0 Å². The first-order chi connectivity index (χ1) is 13.8. The number of carbonyl (C=O) groups excluding carboxylic acids is 2. The Kier molecular flexibility index (Phi) is 6.20. The molecule has 3 amide bonds. The number of carbonyl (C=O) groups is 2. The molecule has 3 aromatic rings. The molecule has 9 heteroatoms. The number of fused-ring (bicyclic) bond motifs is 1. The van der Waals surface area contributed by atoms with Crippen LogP contribution in [0, 0.1) is 6.92 Å². The van der Waals surface area contributed by atoms with Gasteiger partial charge >= 0.3 is 6.03 Å². The van der Waals surface area contributed by atoms with Crippen LogP contribution < -0.4 is 16.0 Å². The van der Waals surface area contributed by atoms with Gasteiger partial charge < -0.3 is 16.0 Å². The van der Waals surface area contributed by atoms with Gasteiger partial charge in [-0.15, -0.1) is 0 Å². The summed E-state index contributed by atoms with van der Waals surface area (Å²) in [7, 11) is 0. The first-order valence-corrected chi connectivity index (χ1v) is 9.60. The van der Waals surface area contributed by atoms with Gasteiger partial charge in [-0.05, 0) is 38.5 Å². The van der Waals surface area contributed by atoms with Crippen molar-refractivity contribution in [3.63, 3.8) is 0 Å². The summed E-state index contributed by atoms with van der Waals surface area (Å²) in [5.41, 5.74) is 2.45. The zero-order chi connectivity index (χ0) is 21.1. The van der Waals surface area contributed by atoms with Crippen molar-refractivity contribution in [2.75, 3.05) is 10.6 Å². The fraction of sp³-hybridized carbons (Fsp3) is 0.200. The van der Waals surface area contributed by atoms with E-state index in [-0.39, 0.29) is 27.8 Å². The maximum absolute atomic E-state index is 12.7. The van der Waals surface area contributed by atoms with E-state index in [0.29, 0.717) is 22.3 Å². The van der Waals surface area contributed by atoms with Gasteiger partial charge in [0.1, 0.15) is 5.15 Å². The number of amides is 3. The molecule has 0 saturated carbocycles. The second-order valence-electron chi connectivity index (χ2n) is 6.68. The van der Waals surface area contributed by atoms with Crippen LogP contribution in [-0.4, -0.2) is 27.9 Å². The number of hydrogen-bond acceptors (Lipinski definition) is 4. The number of aromatic nitrogens is 2. The van der Waals surface area contributed by atoms with Crippen LogP contribution >= 0.6 is 23.2 Å². The zero-order valence-electron chi connectivity index (χ0n) is 16.0. The molecule has 0 aliphatic rings. The molecule has 2 heterocycles. The Morgan fingerprint density at radius 2 is 1.83 bits per heavy atom. The predicted octanol–water partition coefficient (Wildman–Crippen LogP) is 5.03. The van der Waals surface area contributed by atoms with Crippen molar-refractivity contribution >= 4 is 57.4 Å². The van der Waals surface area contributed by atoms with Crippen LogP contribution in [0.4, 0.5) is 16.2 Å². The zero-order valence-corrected chi connectivity index (χ0v) is 17.5. The fourth-order valence-electron chi connectivity index (χ4n) is 2.80. The molecule has 0 atom stereocenters. The number of hydrogen-bond donors (Lipinski definition) is 3. The second kappa shape index (κ2) is 8.63. The number of nitrogens with one attached hydrogen (secondary N) is 3. The summed E-state index contributed by atoms with van der Waals surface area (Å²) in [6.45, 7) is 5.59. The van der Waals surface area contributed by atoms with Gasteiger partial charge in [-0.3, -0.25) is 9.78 Å². The van der Waals surface area contributed by atoms with E-state index in [4.69, 9.17) is 23.2 Å². The normalized spacial score (nSPS) is 10.8. The topological polar surface area (TPSA) is 96.0 Å². The standard InChI is InChI=1S/C20H19Cl2N5O2/c1-10(2)25-20(29)27-16-11(3)9-24-17-12(16)5-4-6-14(17)26-19(28)15-13(21)7-8-23-18(15)22/h4-10H,1-3H3,(H,26,28)(H2,24,25,27,29). The third-order valence-electron chi connectivity index (χ3n) is 4.07. The molecule has 0 spiro atoms. The summed E-state index contributed by atoms with van der Waals surface area (Å²) >= 11 is 12.1. The first kappa shape index (κ1) is 20.8. The molecular formula is C20H19Cl2N5O2. The Balaban J connectivity index is 1.99. The van der Waals surface area contributed by atoms with Gasteiger partial charge in [0.25, 0.3) is 5.91 Å². The Hall–Kier alpha value is -2.90. The first-order valence-electron chi connectivity index (χ1n) is 8.85. The summed E-state index contributed by atoms with van der Waals surface area (Å²) in [5.74, 6) is -0.505. The molecule has 2 aromatic heterocycles. The Morgan fingerprint density at radius 1 is 1.07 bits per heavy atom.